The lowest BCUT2D eigenvalue weighted by Crippen LogP contribution is -2.40. The Morgan fingerprint density at radius 2 is 1.67 bits per heavy atom. The highest BCUT2D eigenvalue weighted by Crippen LogP contribution is 2.65. The number of anilines is 1. The molecule has 1 aliphatic heterocycles. The molecular formula is C22H24N2O3. The molecule has 140 valence electrons. The Kier molecular flexibility index (Phi) is 3.58. The third-order valence-corrected chi connectivity index (χ3v) is 7.11. The van der Waals surface area contributed by atoms with Crippen molar-refractivity contribution < 1.29 is 14.4 Å². The van der Waals surface area contributed by atoms with E-state index in [9.17, 15) is 14.4 Å². The lowest BCUT2D eigenvalue weighted by molar-refractivity contribution is -0.140. The topological polar surface area (TPSA) is 66.5 Å². The number of carbonyl (C=O) groups excluding carboxylic acids is 3. The van der Waals surface area contributed by atoms with Gasteiger partial charge in [0.1, 0.15) is 0 Å². The minimum absolute atomic E-state index is 0.0614. The quantitative estimate of drug-likeness (QED) is 0.660. The largest absolute Gasteiger partial charge is 0.326 e. The molecule has 6 atom stereocenters. The molecule has 3 fully saturated rings. The zero-order valence-electron chi connectivity index (χ0n) is 15.6. The first-order valence-corrected chi connectivity index (χ1v) is 9.86. The molecule has 5 nitrogen and oxygen atoms in total. The van der Waals surface area contributed by atoms with Gasteiger partial charge in [-0.15, -0.1) is 0 Å². The van der Waals surface area contributed by atoms with Crippen LogP contribution < -0.4 is 5.32 Å². The molecule has 6 rings (SSSR count). The van der Waals surface area contributed by atoms with Crippen LogP contribution in [-0.4, -0.2) is 29.2 Å². The van der Waals surface area contributed by atoms with Gasteiger partial charge < -0.3 is 5.32 Å². The van der Waals surface area contributed by atoms with Crippen molar-refractivity contribution in [3.63, 3.8) is 0 Å². The van der Waals surface area contributed by atoms with Crippen molar-refractivity contribution >= 4 is 23.4 Å². The summed E-state index contributed by atoms with van der Waals surface area (Å²) in [6, 6.07) is 5.78. The summed E-state index contributed by atoms with van der Waals surface area (Å²) in [6.07, 6.45) is 5.63. The Labute approximate surface area is 158 Å². The van der Waals surface area contributed by atoms with E-state index in [-0.39, 0.29) is 54.4 Å². The van der Waals surface area contributed by atoms with Crippen LogP contribution >= 0.6 is 0 Å². The number of likely N-dealkylation sites (tertiary alicyclic amines) is 1. The molecule has 0 radical (unpaired) electrons. The second-order valence-electron chi connectivity index (χ2n) is 8.58. The summed E-state index contributed by atoms with van der Waals surface area (Å²) in [5.41, 5.74) is 3.03. The Morgan fingerprint density at radius 1 is 1.04 bits per heavy atom. The van der Waals surface area contributed by atoms with Crippen LogP contribution in [0.15, 0.2) is 30.4 Å². The number of imide groups is 1. The highest BCUT2D eigenvalue weighted by atomic mass is 16.2. The molecule has 27 heavy (non-hydrogen) atoms. The third kappa shape index (κ3) is 2.47. The number of amides is 3. The number of allylic oxidation sites excluding steroid dienone is 2. The fraction of sp³-hybridized carbons (Fsp3) is 0.500. The molecule has 5 heteroatoms. The van der Waals surface area contributed by atoms with Crippen LogP contribution in [0.4, 0.5) is 5.69 Å². The van der Waals surface area contributed by atoms with Gasteiger partial charge in [0.2, 0.25) is 17.7 Å². The molecule has 0 aromatic heterocycles. The summed E-state index contributed by atoms with van der Waals surface area (Å²) in [6.45, 7) is 4.20. The van der Waals surface area contributed by atoms with Crippen LogP contribution in [0, 0.1) is 49.4 Å². The molecule has 4 aliphatic carbocycles. The predicted molar refractivity (Wildman–Crippen MR) is 101 cm³/mol. The molecule has 5 aliphatic rings. The van der Waals surface area contributed by atoms with E-state index < -0.39 is 0 Å². The zero-order valence-corrected chi connectivity index (χ0v) is 15.6. The second kappa shape index (κ2) is 5.78. The zero-order chi connectivity index (χ0) is 18.9. The van der Waals surface area contributed by atoms with E-state index in [0.717, 1.165) is 17.7 Å². The molecule has 1 N–H and O–H groups in total. The van der Waals surface area contributed by atoms with Gasteiger partial charge in [-0.25, -0.2) is 0 Å². The van der Waals surface area contributed by atoms with E-state index in [0.29, 0.717) is 11.8 Å². The van der Waals surface area contributed by atoms with Gasteiger partial charge in [-0.05, 0) is 67.2 Å². The van der Waals surface area contributed by atoms with Crippen LogP contribution in [0.1, 0.15) is 24.0 Å². The highest BCUT2D eigenvalue weighted by Gasteiger charge is 2.66. The molecular weight excluding hydrogens is 340 g/mol. The van der Waals surface area contributed by atoms with Crippen LogP contribution in [0.2, 0.25) is 0 Å². The first-order valence-electron chi connectivity index (χ1n) is 9.86. The molecule has 2 saturated carbocycles. The van der Waals surface area contributed by atoms with Crippen LogP contribution in [0.25, 0.3) is 0 Å². The van der Waals surface area contributed by atoms with Gasteiger partial charge >= 0.3 is 0 Å². The first-order chi connectivity index (χ1) is 13.0. The van der Waals surface area contributed by atoms with Gasteiger partial charge in [-0.1, -0.05) is 18.2 Å². The smallest absolute Gasteiger partial charge is 0.233 e. The molecule has 1 aromatic rings. The molecule has 1 heterocycles. The first kappa shape index (κ1) is 16.7. The molecule has 0 unspecified atom stereocenters. The molecule has 3 amide bonds. The van der Waals surface area contributed by atoms with Crippen molar-refractivity contribution in [3.05, 3.63) is 41.5 Å². The maximum Gasteiger partial charge on any atom is 0.233 e. The normalized spacial score (nSPS) is 35.3. The number of rotatable bonds is 4. The van der Waals surface area contributed by atoms with E-state index in [4.69, 9.17) is 0 Å². The SMILES string of the molecule is Cc1ccc(NC(=O)CCN2C(=O)[C@@H]3[C@H]4C=C[C@H]([C@H]5C[C@H]45)[C@@H]3C2=O)cc1C. The van der Waals surface area contributed by atoms with E-state index in [2.05, 4.69) is 17.5 Å². The maximum absolute atomic E-state index is 12.9. The third-order valence-electron chi connectivity index (χ3n) is 7.11. The van der Waals surface area contributed by atoms with Crippen molar-refractivity contribution in [1.29, 1.82) is 0 Å². The van der Waals surface area contributed by atoms with Crippen molar-refractivity contribution in [2.75, 3.05) is 11.9 Å². The number of nitrogens with one attached hydrogen (secondary N) is 1. The average Bonchev–Trinajstić information content (AvgIpc) is 3.42. The minimum Gasteiger partial charge on any atom is -0.326 e. The predicted octanol–water partition coefficient (Wildman–Crippen LogP) is 2.69. The van der Waals surface area contributed by atoms with Crippen LogP contribution in [-0.2, 0) is 14.4 Å². The van der Waals surface area contributed by atoms with Crippen LogP contribution in [0.3, 0.4) is 0 Å². The molecule has 0 spiro atoms. The van der Waals surface area contributed by atoms with Crippen molar-refractivity contribution in [2.45, 2.75) is 26.7 Å². The minimum atomic E-state index is -0.181. The second-order valence-corrected chi connectivity index (χ2v) is 8.58. The fourth-order valence-corrected chi connectivity index (χ4v) is 5.50. The summed E-state index contributed by atoms with van der Waals surface area (Å²) in [7, 11) is 0. The Balaban J connectivity index is 1.24. The van der Waals surface area contributed by atoms with Gasteiger partial charge in [0, 0.05) is 18.7 Å². The standard InChI is InChI=1S/C22H24N2O3/c1-11-3-4-13(9-12(11)2)23-18(25)7-8-24-21(26)19-14-5-6-15(17-10-16(14)17)20(19)22(24)27/h3-6,9,14-17,19-20H,7-8,10H2,1-2H3,(H,23,25)/t14-,15+,16-,17-,19+,20-/m1/s1. The fourth-order valence-electron chi connectivity index (χ4n) is 5.50. The summed E-state index contributed by atoms with van der Waals surface area (Å²) in [4.78, 5) is 39.5. The maximum atomic E-state index is 12.9. The lowest BCUT2D eigenvalue weighted by atomic mass is 9.63. The number of carbonyl (C=O) groups is 3. The number of nitrogens with zero attached hydrogens (tertiary/aromatic N) is 1. The molecule has 1 saturated heterocycles. The van der Waals surface area contributed by atoms with Gasteiger partial charge in [-0.3, -0.25) is 19.3 Å². The van der Waals surface area contributed by atoms with Gasteiger partial charge in [0.25, 0.3) is 0 Å². The number of hydrogen-bond acceptors (Lipinski definition) is 3. The number of aryl methyl sites for hydroxylation is 2. The number of benzene rings is 1. The Hall–Kier alpha value is -2.43. The monoisotopic (exact) mass is 364 g/mol. The van der Waals surface area contributed by atoms with Crippen LogP contribution in [0.5, 0.6) is 0 Å². The lowest BCUT2D eigenvalue weighted by Gasteiger charge is -2.37. The van der Waals surface area contributed by atoms with E-state index in [1.807, 2.05) is 32.0 Å². The van der Waals surface area contributed by atoms with E-state index in [1.165, 1.54) is 10.5 Å². The summed E-state index contributed by atoms with van der Waals surface area (Å²) >= 11 is 0. The Bertz CT molecular complexity index is 854. The van der Waals surface area contributed by atoms with E-state index in [1.54, 1.807) is 0 Å². The molecule has 1 aromatic carbocycles. The summed E-state index contributed by atoms with van der Waals surface area (Å²) < 4.78 is 0. The van der Waals surface area contributed by atoms with Gasteiger partial charge in [0.05, 0.1) is 11.8 Å². The highest BCUT2D eigenvalue weighted by molar-refractivity contribution is 6.06. The molecule has 2 bridgehead atoms. The van der Waals surface area contributed by atoms with E-state index >= 15 is 0 Å². The van der Waals surface area contributed by atoms with Crippen molar-refractivity contribution in [1.82, 2.24) is 4.90 Å². The van der Waals surface area contributed by atoms with Gasteiger partial charge in [-0.2, -0.15) is 0 Å². The Morgan fingerprint density at radius 3 is 2.26 bits per heavy atom. The number of hydrogen-bond donors (Lipinski definition) is 1. The van der Waals surface area contributed by atoms with Crippen molar-refractivity contribution in [3.8, 4) is 0 Å². The summed E-state index contributed by atoms with van der Waals surface area (Å²) in [5.74, 6) is 1.02. The average molecular weight is 364 g/mol. The summed E-state index contributed by atoms with van der Waals surface area (Å²) in [5, 5.41) is 2.87. The van der Waals surface area contributed by atoms with Gasteiger partial charge in [0.15, 0.2) is 0 Å². The van der Waals surface area contributed by atoms with Crippen molar-refractivity contribution in [2.24, 2.45) is 35.5 Å².